The van der Waals surface area contributed by atoms with E-state index in [9.17, 15) is 0 Å². The lowest BCUT2D eigenvalue weighted by Crippen LogP contribution is -2.45. The van der Waals surface area contributed by atoms with Crippen LogP contribution in [0.3, 0.4) is 0 Å². The van der Waals surface area contributed by atoms with Crippen LogP contribution in [0.4, 0.5) is 0 Å². The minimum Gasteiger partial charge on any atom is -0.314 e. The molecule has 1 saturated heterocycles. The van der Waals surface area contributed by atoms with E-state index in [1.54, 1.807) is 0 Å². The van der Waals surface area contributed by atoms with Crippen molar-refractivity contribution in [2.75, 3.05) is 32.7 Å². The third-order valence-electron chi connectivity index (χ3n) is 3.96. The molecule has 1 atom stereocenters. The van der Waals surface area contributed by atoms with Crippen LogP contribution >= 0.6 is 0 Å². The molecule has 1 unspecified atom stereocenters. The number of nitrogens with zero attached hydrogens (tertiary/aromatic N) is 1. The highest BCUT2D eigenvalue weighted by Crippen LogP contribution is 2.31. The molecule has 0 bridgehead atoms. The van der Waals surface area contributed by atoms with Crippen molar-refractivity contribution in [3.63, 3.8) is 0 Å². The molecule has 1 aliphatic heterocycles. The SMILES string of the molecule is CC(CN1CCNCC1)C1CCCC1. The Labute approximate surface area is 88.1 Å². The van der Waals surface area contributed by atoms with Gasteiger partial charge in [-0.15, -0.1) is 0 Å². The van der Waals surface area contributed by atoms with Gasteiger partial charge in [-0.2, -0.15) is 0 Å². The van der Waals surface area contributed by atoms with Crippen molar-refractivity contribution in [2.45, 2.75) is 32.6 Å². The van der Waals surface area contributed by atoms with Crippen LogP contribution in [0.15, 0.2) is 0 Å². The molecule has 2 aliphatic rings. The maximum atomic E-state index is 3.42. The Kier molecular flexibility index (Phi) is 3.82. The maximum Gasteiger partial charge on any atom is 0.0107 e. The zero-order valence-corrected chi connectivity index (χ0v) is 9.47. The summed E-state index contributed by atoms with van der Waals surface area (Å²) in [5.41, 5.74) is 0. The van der Waals surface area contributed by atoms with Crippen LogP contribution in [-0.2, 0) is 0 Å². The van der Waals surface area contributed by atoms with Gasteiger partial charge < -0.3 is 10.2 Å². The molecule has 1 N–H and O–H groups in total. The van der Waals surface area contributed by atoms with Crippen LogP contribution in [0.2, 0.25) is 0 Å². The lowest BCUT2D eigenvalue weighted by atomic mass is 9.92. The standard InChI is InChI=1S/C12H24N2/c1-11(12-4-2-3-5-12)10-14-8-6-13-7-9-14/h11-13H,2-10H2,1H3. The number of hydrogen-bond acceptors (Lipinski definition) is 2. The van der Waals surface area contributed by atoms with Gasteiger partial charge in [-0.1, -0.05) is 32.6 Å². The second kappa shape index (κ2) is 5.13. The number of piperazine rings is 1. The summed E-state index contributed by atoms with van der Waals surface area (Å²) in [7, 11) is 0. The van der Waals surface area contributed by atoms with Crippen molar-refractivity contribution in [3.8, 4) is 0 Å². The second-order valence-electron chi connectivity index (χ2n) is 5.07. The normalized spacial score (nSPS) is 28.1. The zero-order valence-electron chi connectivity index (χ0n) is 9.47. The van der Waals surface area contributed by atoms with E-state index in [1.165, 1.54) is 58.4 Å². The zero-order chi connectivity index (χ0) is 9.80. The van der Waals surface area contributed by atoms with Gasteiger partial charge in [0.25, 0.3) is 0 Å². The van der Waals surface area contributed by atoms with Gasteiger partial charge in [0.2, 0.25) is 0 Å². The van der Waals surface area contributed by atoms with Crippen LogP contribution in [-0.4, -0.2) is 37.6 Å². The Morgan fingerprint density at radius 1 is 1.21 bits per heavy atom. The average Bonchev–Trinajstić information content (AvgIpc) is 2.72. The first kappa shape index (κ1) is 10.4. The smallest absolute Gasteiger partial charge is 0.0107 e. The van der Waals surface area contributed by atoms with Gasteiger partial charge in [-0.25, -0.2) is 0 Å². The summed E-state index contributed by atoms with van der Waals surface area (Å²) in [4.78, 5) is 2.64. The Morgan fingerprint density at radius 3 is 2.50 bits per heavy atom. The van der Waals surface area contributed by atoms with Gasteiger partial charge >= 0.3 is 0 Å². The molecule has 0 amide bonds. The molecule has 1 aliphatic carbocycles. The van der Waals surface area contributed by atoms with Crippen molar-refractivity contribution in [1.82, 2.24) is 10.2 Å². The molecule has 2 fully saturated rings. The number of rotatable bonds is 3. The van der Waals surface area contributed by atoms with Crippen LogP contribution < -0.4 is 5.32 Å². The molecule has 14 heavy (non-hydrogen) atoms. The highest BCUT2D eigenvalue weighted by molar-refractivity contribution is 4.77. The summed E-state index contributed by atoms with van der Waals surface area (Å²) in [6.45, 7) is 8.70. The third-order valence-corrected chi connectivity index (χ3v) is 3.96. The summed E-state index contributed by atoms with van der Waals surface area (Å²) in [5.74, 6) is 1.96. The fraction of sp³-hybridized carbons (Fsp3) is 1.00. The molecule has 1 heterocycles. The first-order valence-corrected chi connectivity index (χ1v) is 6.29. The van der Waals surface area contributed by atoms with E-state index in [0.717, 1.165) is 11.8 Å². The monoisotopic (exact) mass is 196 g/mol. The minimum absolute atomic E-state index is 0.926. The van der Waals surface area contributed by atoms with E-state index in [1.807, 2.05) is 0 Å². The van der Waals surface area contributed by atoms with E-state index in [2.05, 4.69) is 17.1 Å². The molecule has 2 rings (SSSR count). The van der Waals surface area contributed by atoms with E-state index < -0.39 is 0 Å². The topological polar surface area (TPSA) is 15.3 Å². The Morgan fingerprint density at radius 2 is 1.86 bits per heavy atom. The average molecular weight is 196 g/mol. The highest BCUT2D eigenvalue weighted by atomic mass is 15.2. The van der Waals surface area contributed by atoms with Gasteiger partial charge in [0.1, 0.15) is 0 Å². The Balaban J connectivity index is 1.72. The van der Waals surface area contributed by atoms with E-state index in [0.29, 0.717) is 0 Å². The van der Waals surface area contributed by atoms with Crippen molar-refractivity contribution in [1.29, 1.82) is 0 Å². The molecule has 1 saturated carbocycles. The third kappa shape index (κ3) is 2.71. The lowest BCUT2D eigenvalue weighted by Gasteiger charge is -2.31. The van der Waals surface area contributed by atoms with Crippen molar-refractivity contribution < 1.29 is 0 Å². The summed E-state index contributed by atoms with van der Waals surface area (Å²) in [5, 5.41) is 3.42. The fourth-order valence-corrected chi connectivity index (χ4v) is 2.98. The molecular formula is C12H24N2. The van der Waals surface area contributed by atoms with E-state index in [4.69, 9.17) is 0 Å². The van der Waals surface area contributed by atoms with E-state index in [-0.39, 0.29) is 0 Å². The van der Waals surface area contributed by atoms with Gasteiger partial charge in [0, 0.05) is 32.7 Å². The molecule has 0 aromatic heterocycles. The Hall–Kier alpha value is -0.0800. The van der Waals surface area contributed by atoms with Crippen LogP contribution in [0.1, 0.15) is 32.6 Å². The van der Waals surface area contributed by atoms with Crippen LogP contribution in [0.25, 0.3) is 0 Å². The molecule has 2 heteroatoms. The number of hydrogen-bond donors (Lipinski definition) is 1. The van der Waals surface area contributed by atoms with E-state index >= 15 is 0 Å². The molecular weight excluding hydrogens is 172 g/mol. The predicted octanol–water partition coefficient (Wildman–Crippen LogP) is 1.72. The lowest BCUT2D eigenvalue weighted by molar-refractivity contribution is 0.182. The molecule has 82 valence electrons. The Bertz CT molecular complexity index is 158. The summed E-state index contributed by atoms with van der Waals surface area (Å²) >= 11 is 0. The van der Waals surface area contributed by atoms with Gasteiger partial charge in [-0.3, -0.25) is 0 Å². The maximum absolute atomic E-state index is 3.42. The minimum atomic E-state index is 0.926. The van der Waals surface area contributed by atoms with Gasteiger partial charge in [0.15, 0.2) is 0 Å². The van der Waals surface area contributed by atoms with Gasteiger partial charge in [-0.05, 0) is 11.8 Å². The largest absolute Gasteiger partial charge is 0.314 e. The summed E-state index contributed by atoms with van der Waals surface area (Å²) in [6, 6.07) is 0. The van der Waals surface area contributed by atoms with Crippen LogP contribution in [0.5, 0.6) is 0 Å². The molecule has 2 nitrogen and oxygen atoms in total. The molecule has 0 spiro atoms. The molecule has 0 radical (unpaired) electrons. The second-order valence-corrected chi connectivity index (χ2v) is 5.07. The fourth-order valence-electron chi connectivity index (χ4n) is 2.98. The molecule has 0 aromatic carbocycles. The molecule has 0 aromatic rings. The predicted molar refractivity (Wildman–Crippen MR) is 60.4 cm³/mol. The first-order valence-electron chi connectivity index (χ1n) is 6.29. The van der Waals surface area contributed by atoms with Crippen molar-refractivity contribution >= 4 is 0 Å². The number of nitrogens with one attached hydrogen (secondary N) is 1. The van der Waals surface area contributed by atoms with Crippen LogP contribution in [0, 0.1) is 11.8 Å². The van der Waals surface area contributed by atoms with Crippen molar-refractivity contribution in [2.24, 2.45) is 11.8 Å². The summed E-state index contributed by atoms with van der Waals surface area (Å²) < 4.78 is 0. The highest BCUT2D eigenvalue weighted by Gasteiger charge is 2.23. The van der Waals surface area contributed by atoms with Gasteiger partial charge in [0.05, 0.1) is 0 Å². The van der Waals surface area contributed by atoms with Crippen molar-refractivity contribution in [3.05, 3.63) is 0 Å². The first-order chi connectivity index (χ1) is 6.86. The summed E-state index contributed by atoms with van der Waals surface area (Å²) in [6.07, 6.45) is 5.95. The quantitative estimate of drug-likeness (QED) is 0.739.